The van der Waals surface area contributed by atoms with Crippen molar-refractivity contribution in [1.82, 2.24) is 5.43 Å². The average molecular weight is 290 g/mol. The Labute approximate surface area is 124 Å². The molecule has 1 atom stereocenters. The van der Waals surface area contributed by atoms with E-state index < -0.39 is 0 Å². The highest BCUT2D eigenvalue weighted by molar-refractivity contribution is 7.07. The standard InChI is InChI=1S/C16H22N2OS/c1-13-3-2-4-16(11-13)19-9-7-15(18-17)6-5-14-8-10-20-12-14/h2-4,8,10-12,15,18H,5-7,9,17H2,1H3. The number of hydrazine groups is 1. The normalized spacial score (nSPS) is 12.3. The van der Waals surface area contributed by atoms with Crippen molar-refractivity contribution in [2.45, 2.75) is 32.2 Å². The summed E-state index contributed by atoms with van der Waals surface area (Å²) in [6, 6.07) is 10.6. The third-order valence-corrected chi connectivity index (χ3v) is 4.05. The fourth-order valence-electron chi connectivity index (χ4n) is 2.11. The van der Waals surface area contributed by atoms with Gasteiger partial charge in [-0.15, -0.1) is 0 Å². The predicted octanol–water partition coefficient (Wildman–Crippen LogP) is 3.29. The first-order valence-electron chi connectivity index (χ1n) is 6.94. The maximum atomic E-state index is 5.76. The monoisotopic (exact) mass is 290 g/mol. The van der Waals surface area contributed by atoms with Crippen LogP contribution in [0.25, 0.3) is 0 Å². The molecule has 2 rings (SSSR count). The average Bonchev–Trinajstić information content (AvgIpc) is 2.96. The van der Waals surface area contributed by atoms with Gasteiger partial charge in [0.2, 0.25) is 0 Å². The second-order valence-electron chi connectivity index (χ2n) is 4.99. The Bertz CT molecular complexity index is 499. The molecule has 0 aliphatic carbocycles. The highest BCUT2D eigenvalue weighted by atomic mass is 32.1. The lowest BCUT2D eigenvalue weighted by Crippen LogP contribution is -2.36. The Morgan fingerprint density at radius 2 is 2.20 bits per heavy atom. The Hall–Kier alpha value is -1.36. The van der Waals surface area contributed by atoms with Crippen LogP contribution >= 0.6 is 11.3 Å². The van der Waals surface area contributed by atoms with Crippen LogP contribution in [0, 0.1) is 6.92 Å². The van der Waals surface area contributed by atoms with E-state index in [9.17, 15) is 0 Å². The molecule has 3 N–H and O–H groups in total. The van der Waals surface area contributed by atoms with E-state index in [4.69, 9.17) is 10.6 Å². The quantitative estimate of drug-likeness (QED) is 0.579. The molecular weight excluding hydrogens is 268 g/mol. The Kier molecular flexibility index (Phi) is 6.05. The maximum Gasteiger partial charge on any atom is 0.119 e. The van der Waals surface area contributed by atoms with Crippen molar-refractivity contribution in [3.8, 4) is 5.75 Å². The molecule has 2 aromatic rings. The van der Waals surface area contributed by atoms with Gasteiger partial charge in [0.25, 0.3) is 0 Å². The smallest absolute Gasteiger partial charge is 0.119 e. The van der Waals surface area contributed by atoms with Gasteiger partial charge in [-0.25, -0.2) is 0 Å². The largest absolute Gasteiger partial charge is 0.494 e. The number of hydrogen-bond donors (Lipinski definition) is 2. The van der Waals surface area contributed by atoms with Gasteiger partial charge in [0.1, 0.15) is 5.75 Å². The van der Waals surface area contributed by atoms with Gasteiger partial charge in [-0.05, 0) is 66.3 Å². The summed E-state index contributed by atoms with van der Waals surface area (Å²) in [5, 5.41) is 4.30. The number of ether oxygens (including phenoxy) is 1. The number of nitrogens with one attached hydrogen (secondary N) is 1. The summed E-state index contributed by atoms with van der Waals surface area (Å²) in [5.74, 6) is 6.54. The molecular formula is C16H22N2OS. The first kappa shape index (κ1) is 15.0. The number of aryl methyl sites for hydroxylation is 2. The van der Waals surface area contributed by atoms with Crippen LogP contribution in [0.1, 0.15) is 24.0 Å². The molecule has 1 aromatic heterocycles. The first-order chi connectivity index (χ1) is 9.78. The van der Waals surface area contributed by atoms with E-state index in [1.807, 2.05) is 12.1 Å². The van der Waals surface area contributed by atoms with E-state index >= 15 is 0 Å². The van der Waals surface area contributed by atoms with Gasteiger partial charge in [-0.3, -0.25) is 11.3 Å². The molecule has 1 heterocycles. The van der Waals surface area contributed by atoms with E-state index in [0.717, 1.165) is 25.0 Å². The van der Waals surface area contributed by atoms with Crippen molar-refractivity contribution >= 4 is 11.3 Å². The molecule has 108 valence electrons. The zero-order chi connectivity index (χ0) is 14.2. The third kappa shape index (κ3) is 4.96. The minimum Gasteiger partial charge on any atom is -0.494 e. The van der Waals surface area contributed by atoms with Crippen LogP contribution in [-0.4, -0.2) is 12.6 Å². The molecule has 0 saturated heterocycles. The van der Waals surface area contributed by atoms with Crippen molar-refractivity contribution in [2.24, 2.45) is 5.84 Å². The highest BCUT2D eigenvalue weighted by Crippen LogP contribution is 2.14. The number of rotatable bonds is 8. The Balaban J connectivity index is 1.70. The first-order valence-corrected chi connectivity index (χ1v) is 7.89. The maximum absolute atomic E-state index is 5.76. The SMILES string of the molecule is Cc1cccc(OCCC(CCc2ccsc2)NN)c1. The van der Waals surface area contributed by atoms with Gasteiger partial charge < -0.3 is 4.74 Å². The molecule has 20 heavy (non-hydrogen) atoms. The second-order valence-corrected chi connectivity index (χ2v) is 5.77. The fourth-order valence-corrected chi connectivity index (χ4v) is 2.81. The summed E-state index contributed by atoms with van der Waals surface area (Å²) in [7, 11) is 0. The molecule has 0 spiro atoms. The van der Waals surface area contributed by atoms with E-state index in [0.29, 0.717) is 12.6 Å². The van der Waals surface area contributed by atoms with E-state index in [1.54, 1.807) is 11.3 Å². The fraction of sp³-hybridized carbons (Fsp3) is 0.375. The van der Waals surface area contributed by atoms with Gasteiger partial charge in [0.15, 0.2) is 0 Å². The minimum absolute atomic E-state index is 0.291. The van der Waals surface area contributed by atoms with E-state index in [1.165, 1.54) is 11.1 Å². The van der Waals surface area contributed by atoms with Crippen molar-refractivity contribution in [2.75, 3.05) is 6.61 Å². The number of hydrogen-bond acceptors (Lipinski definition) is 4. The lowest BCUT2D eigenvalue weighted by molar-refractivity contribution is 0.281. The summed E-state index contributed by atoms with van der Waals surface area (Å²) in [6.07, 6.45) is 3.00. The summed E-state index contributed by atoms with van der Waals surface area (Å²) in [4.78, 5) is 0. The van der Waals surface area contributed by atoms with Gasteiger partial charge in [-0.2, -0.15) is 11.3 Å². The molecule has 0 fully saturated rings. The zero-order valence-corrected chi connectivity index (χ0v) is 12.7. The predicted molar refractivity (Wildman–Crippen MR) is 85.0 cm³/mol. The van der Waals surface area contributed by atoms with Crippen LogP contribution in [0.4, 0.5) is 0 Å². The number of benzene rings is 1. The molecule has 0 aliphatic heterocycles. The molecule has 0 aliphatic rings. The van der Waals surface area contributed by atoms with Crippen molar-refractivity contribution in [3.05, 3.63) is 52.2 Å². The van der Waals surface area contributed by atoms with Crippen LogP contribution < -0.4 is 16.0 Å². The van der Waals surface area contributed by atoms with E-state index in [-0.39, 0.29) is 0 Å². The summed E-state index contributed by atoms with van der Waals surface area (Å²) in [5.41, 5.74) is 5.49. The zero-order valence-electron chi connectivity index (χ0n) is 11.8. The lowest BCUT2D eigenvalue weighted by Gasteiger charge is -2.16. The molecule has 4 heteroatoms. The summed E-state index contributed by atoms with van der Waals surface area (Å²) >= 11 is 1.74. The summed E-state index contributed by atoms with van der Waals surface area (Å²) < 4.78 is 5.76. The van der Waals surface area contributed by atoms with Gasteiger partial charge >= 0.3 is 0 Å². The van der Waals surface area contributed by atoms with Crippen LogP contribution in [0.5, 0.6) is 5.75 Å². The molecule has 1 aromatic carbocycles. The molecule has 0 radical (unpaired) electrons. The van der Waals surface area contributed by atoms with Crippen molar-refractivity contribution in [3.63, 3.8) is 0 Å². The topological polar surface area (TPSA) is 47.3 Å². The molecule has 0 saturated carbocycles. The molecule has 0 bridgehead atoms. The van der Waals surface area contributed by atoms with Gasteiger partial charge in [0, 0.05) is 6.04 Å². The van der Waals surface area contributed by atoms with Gasteiger partial charge in [-0.1, -0.05) is 12.1 Å². The molecule has 3 nitrogen and oxygen atoms in total. The highest BCUT2D eigenvalue weighted by Gasteiger charge is 2.07. The Morgan fingerprint density at radius 1 is 1.30 bits per heavy atom. The minimum atomic E-state index is 0.291. The van der Waals surface area contributed by atoms with Crippen LogP contribution in [0.3, 0.4) is 0 Å². The van der Waals surface area contributed by atoms with Crippen LogP contribution in [0.15, 0.2) is 41.1 Å². The Morgan fingerprint density at radius 3 is 2.90 bits per heavy atom. The number of nitrogens with two attached hydrogens (primary N) is 1. The number of thiophene rings is 1. The lowest BCUT2D eigenvalue weighted by atomic mass is 10.1. The van der Waals surface area contributed by atoms with Gasteiger partial charge in [0.05, 0.1) is 6.61 Å². The molecule has 0 amide bonds. The van der Waals surface area contributed by atoms with Crippen molar-refractivity contribution < 1.29 is 4.74 Å². The molecule has 1 unspecified atom stereocenters. The summed E-state index contributed by atoms with van der Waals surface area (Å²) in [6.45, 7) is 2.75. The second kappa shape index (κ2) is 8.04. The van der Waals surface area contributed by atoms with Crippen molar-refractivity contribution in [1.29, 1.82) is 0 Å². The third-order valence-electron chi connectivity index (χ3n) is 3.32. The van der Waals surface area contributed by atoms with Crippen LogP contribution in [-0.2, 0) is 6.42 Å². The van der Waals surface area contributed by atoms with Crippen LogP contribution in [0.2, 0.25) is 0 Å². The van der Waals surface area contributed by atoms with E-state index in [2.05, 4.69) is 41.3 Å².